The molecule has 1 amide bonds. The number of carbonyl (C=O) groups excluding carboxylic acids is 1. The van der Waals surface area contributed by atoms with Gasteiger partial charge in [0.1, 0.15) is 10.8 Å². The van der Waals surface area contributed by atoms with Crippen LogP contribution in [0.15, 0.2) is 77.5 Å². The molecule has 2 heterocycles. The van der Waals surface area contributed by atoms with Crippen LogP contribution >= 0.6 is 22.7 Å². The molecule has 0 fully saturated rings. The van der Waals surface area contributed by atoms with Gasteiger partial charge in [-0.3, -0.25) is 4.79 Å². The lowest BCUT2D eigenvalue weighted by Crippen LogP contribution is -2.30. The van der Waals surface area contributed by atoms with Crippen LogP contribution < -0.4 is 10.1 Å². The Labute approximate surface area is 184 Å². The highest BCUT2D eigenvalue weighted by Crippen LogP contribution is 2.32. The van der Waals surface area contributed by atoms with Gasteiger partial charge in [0.15, 0.2) is 0 Å². The van der Waals surface area contributed by atoms with E-state index < -0.39 is 0 Å². The Balaban J connectivity index is 1.49. The monoisotopic (exact) mass is 434 g/mol. The lowest BCUT2D eigenvalue weighted by molar-refractivity contribution is -0.120. The highest BCUT2D eigenvalue weighted by Gasteiger charge is 2.19. The summed E-state index contributed by atoms with van der Waals surface area (Å²) >= 11 is 3.17. The molecule has 2 aromatic heterocycles. The van der Waals surface area contributed by atoms with E-state index in [1.807, 2.05) is 84.4 Å². The number of nitrogens with zero attached hydrogens (tertiary/aromatic N) is 1. The third-order valence-electron chi connectivity index (χ3n) is 4.58. The largest absolute Gasteiger partial charge is 0.493 e. The predicted molar refractivity (Wildman–Crippen MR) is 123 cm³/mol. The Bertz CT molecular complexity index is 1090. The molecular formula is C24H22N2O2S2. The van der Waals surface area contributed by atoms with Gasteiger partial charge < -0.3 is 10.1 Å². The van der Waals surface area contributed by atoms with Crippen molar-refractivity contribution >= 4 is 28.6 Å². The standard InChI is InChI=1S/C24H22N2O2S2/c1-2-28-20-12-7-6-11-19(20)24-25-18(16-30-24)15-22(27)26-23(21-13-8-14-29-21)17-9-4-3-5-10-17/h3-14,16,23H,2,15H2,1H3,(H,26,27). The molecule has 1 N–H and O–H groups in total. The number of aromatic nitrogens is 1. The number of thiazole rings is 1. The molecule has 0 aliphatic rings. The zero-order valence-electron chi connectivity index (χ0n) is 16.6. The third-order valence-corrected chi connectivity index (χ3v) is 6.44. The minimum atomic E-state index is -0.157. The van der Waals surface area contributed by atoms with E-state index in [1.165, 1.54) is 11.3 Å². The maximum Gasteiger partial charge on any atom is 0.226 e. The van der Waals surface area contributed by atoms with Crippen LogP contribution in [0, 0.1) is 0 Å². The first-order valence-corrected chi connectivity index (χ1v) is 11.5. The summed E-state index contributed by atoms with van der Waals surface area (Å²) < 4.78 is 5.71. The van der Waals surface area contributed by atoms with E-state index in [2.05, 4.69) is 10.3 Å². The zero-order valence-corrected chi connectivity index (χ0v) is 18.2. The lowest BCUT2D eigenvalue weighted by atomic mass is 10.1. The number of benzene rings is 2. The minimum absolute atomic E-state index is 0.0489. The number of hydrogen-bond donors (Lipinski definition) is 1. The molecule has 152 valence electrons. The number of nitrogens with one attached hydrogen (secondary N) is 1. The molecule has 0 saturated heterocycles. The highest BCUT2D eigenvalue weighted by molar-refractivity contribution is 7.13. The normalized spacial score (nSPS) is 11.8. The van der Waals surface area contributed by atoms with E-state index in [0.29, 0.717) is 6.61 Å². The quantitative estimate of drug-likeness (QED) is 0.386. The van der Waals surface area contributed by atoms with Crippen molar-refractivity contribution in [1.82, 2.24) is 10.3 Å². The summed E-state index contributed by atoms with van der Waals surface area (Å²) in [5.74, 6) is 0.763. The average Bonchev–Trinajstić information content (AvgIpc) is 3.46. The van der Waals surface area contributed by atoms with Crippen LogP contribution in [-0.4, -0.2) is 17.5 Å². The van der Waals surface area contributed by atoms with Crippen LogP contribution in [0.1, 0.15) is 29.1 Å². The Morgan fingerprint density at radius 2 is 1.83 bits per heavy atom. The maximum atomic E-state index is 12.8. The Morgan fingerprint density at radius 3 is 2.60 bits per heavy atom. The number of amides is 1. The van der Waals surface area contributed by atoms with E-state index in [1.54, 1.807) is 11.3 Å². The molecular weight excluding hydrogens is 412 g/mol. The van der Waals surface area contributed by atoms with Gasteiger partial charge in [-0.2, -0.15) is 0 Å². The first-order valence-electron chi connectivity index (χ1n) is 9.79. The van der Waals surface area contributed by atoms with Crippen LogP contribution in [0.2, 0.25) is 0 Å². The second kappa shape index (κ2) is 9.69. The summed E-state index contributed by atoms with van der Waals surface area (Å²) in [5.41, 5.74) is 2.78. The summed E-state index contributed by atoms with van der Waals surface area (Å²) in [7, 11) is 0. The Hall–Kier alpha value is -2.96. The lowest BCUT2D eigenvalue weighted by Gasteiger charge is -2.18. The molecule has 4 rings (SSSR count). The van der Waals surface area contributed by atoms with Gasteiger partial charge >= 0.3 is 0 Å². The molecule has 6 heteroatoms. The average molecular weight is 435 g/mol. The fourth-order valence-corrected chi connectivity index (χ4v) is 4.88. The van der Waals surface area contributed by atoms with Crippen LogP contribution in [0.25, 0.3) is 10.6 Å². The van der Waals surface area contributed by atoms with Gasteiger partial charge in [0.05, 0.1) is 30.3 Å². The second-order valence-corrected chi connectivity index (χ2v) is 8.51. The van der Waals surface area contributed by atoms with Crippen molar-refractivity contribution in [2.75, 3.05) is 6.61 Å². The van der Waals surface area contributed by atoms with Gasteiger partial charge in [-0.15, -0.1) is 22.7 Å². The van der Waals surface area contributed by atoms with Gasteiger partial charge in [-0.05, 0) is 36.1 Å². The fourth-order valence-electron chi connectivity index (χ4n) is 3.23. The molecule has 0 saturated carbocycles. The van der Waals surface area contributed by atoms with Crippen molar-refractivity contribution < 1.29 is 9.53 Å². The van der Waals surface area contributed by atoms with Crippen molar-refractivity contribution in [3.8, 4) is 16.3 Å². The highest BCUT2D eigenvalue weighted by atomic mass is 32.1. The molecule has 0 aliphatic carbocycles. The number of carbonyl (C=O) groups is 1. The number of para-hydroxylation sites is 1. The van der Waals surface area contributed by atoms with E-state index in [0.717, 1.165) is 32.5 Å². The first kappa shape index (κ1) is 20.3. The van der Waals surface area contributed by atoms with Crippen LogP contribution in [0.5, 0.6) is 5.75 Å². The topological polar surface area (TPSA) is 51.2 Å². The van der Waals surface area contributed by atoms with Crippen molar-refractivity contribution in [2.45, 2.75) is 19.4 Å². The molecule has 0 radical (unpaired) electrons. The minimum Gasteiger partial charge on any atom is -0.493 e. The maximum absolute atomic E-state index is 12.8. The summed E-state index contributed by atoms with van der Waals surface area (Å²) in [5, 5.41) is 8.01. The molecule has 4 aromatic rings. The van der Waals surface area contributed by atoms with Crippen LogP contribution in [-0.2, 0) is 11.2 Å². The van der Waals surface area contributed by atoms with Gasteiger partial charge in [0, 0.05) is 10.3 Å². The van der Waals surface area contributed by atoms with Crippen molar-refractivity contribution in [3.63, 3.8) is 0 Å². The SMILES string of the molecule is CCOc1ccccc1-c1nc(CC(=O)NC(c2ccccc2)c2cccs2)cs1. The Kier molecular flexibility index (Phi) is 6.57. The Morgan fingerprint density at radius 1 is 1.03 bits per heavy atom. The van der Waals surface area contributed by atoms with Crippen LogP contribution in [0.3, 0.4) is 0 Å². The summed E-state index contributed by atoms with van der Waals surface area (Å²) in [6, 6.07) is 21.8. The zero-order chi connectivity index (χ0) is 20.8. The second-order valence-electron chi connectivity index (χ2n) is 6.68. The number of thiophene rings is 1. The van der Waals surface area contributed by atoms with Gasteiger partial charge in [-0.25, -0.2) is 4.98 Å². The molecule has 2 aromatic carbocycles. The van der Waals surface area contributed by atoms with Crippen molar-refractivity contribution in [3.05, 3.63) is 93.6 Å². The molecule has 1 unspecified atom stereocenters. The molecule has 4 nitrogen and oxygen atoms in total. The molecule has 1 atom stereocenters. The number of rotatable bonds is 8. The van der Waals surface area contributed by atoms with E-state index in [9.17, 15) is 4.79 Å². The molecule has 30 heavy (non-hydrogen) atoms. The van der Waals surface area contributed by atoms with Gasteiger partial charge in [0.2, 0.25) is 5.91 Å². The van der Waals surface area contributed by atoms with E-state index >= 15 is 0 Å². The molecule has 0 spiro atoms. The van der Waals surface area contributed by atoms with Gasteiger partial charge in [-0.1, -0.05) is 48.5 Å². The third kappa shape index (κ3) is 4.78. The summed E-state index contributed by atoms with van der Waals surface area (Å²) in [6.07, 6.45) is 0.238. The van der Waals surface area contributed by atoms with Crippen LogP contribution in [0.4, 0.5) is 0 Å². The summed E-state index contributed by atoms with van der Waals surface area (Å²) in [6.45, 7) is 2.56. The van der Waals surface area contributed by atoms with E-state index in [4.69, 9.17) is 4.74 Å². The van der Waals surface area contributed by atoms with Gasteiger partial charge in [0.25, 0.3) is 0 Å². The number of hydrogen-bond acceptors (Lipinski definition) is 5. The molecule has 0 aliphatic heterocycles. The number of ether oxygens (including phenoxy) is 1. The fraction of sp³-hybridized carbons (Fsp3) is 0.167. The molecule has 0 bridgehead atoms. The summed E-state index contributed by atoms with van der Waals surface area (Å²) in [4.78, 5) is 18.6. The van der Waals surface area contributed by atoms with Crippen molar-refractivity contribution in [2.24, 2.45) is 0 Å². The predicted octanol–water partition coefficient (Wildman–Crippen LogP) is 5.72. The van der Waals surface area contributed by atoms with Crippen molar-refractivity contribution in [1.29, 1.82) is 0 Å². The first-order chi connectivity index (χ1) is 14.7. The smallest absolute Gasteiger partial charge is 0.226 e. The van der Waals surface area contributed by atoms with E-state index in [-0.39, 0.29) is 18.4 Å².